The minimum atomic E-state index is -4.35. The highest BCUT2D eigenvalue weighted by atomic mass is 19.4. The zero-order valence-corrected chi connectivity index (χ0v) is 12.9. The van der Waals surface area contributed by atoms with Gasteiger partial charge in [-0.3, -0.25) is 4.98 Å². The van der Waals surface area contributed by atoms with Gasteiger partial charge in [0.15, 0.2) is 0 Å². The maximum absolute atomic E-state index is 12.9. The number of fused-ring (bicyclic) bond motifs is 1. The van der Waals surface area contributed by atoms with Gasteiger partial charge >= 0.3 is 6.18 Å². The maximum atomic E-state index is 12.9. The van der Waals surface area contributed by atoms with Crippen LogP contribution in [0.4, 0.5) is 18.9 Å². The summed E-state index contributed by atoms with van der Waals surface area (Å²) in [5, 5.41) is 0.763. The van der Waals surface area contributed by atoms with Gasteiger partial charge < -0.3 is 9.64 Å². The Morgan fingerprint density at radius 1 is 1.30 bits per heavy atom. The first-order chi connectivity index (χ1) is 11.0. The van der Waals surface area contributed by atoms with Crippen LogP contribution < -0.4 is 4.90 Å². The first-order valence-electron chi connectivity index (χ1n) is 7.69. The molecule has 0 saturated carbocycles. The molecular formula is C17H19F3N2O. The second-order valence-corrected chi connectivity index (χ2v) is 5.97. The molecule has 1 saturated heterocycles. The number of halogens is 3. The van der Waals surface area contributed by atoms with Crippen molar-refractivity contribution in [1.29, 1.82) is 0 Å². The molecule has 0 N–H and O–H groups in total. The molecule has 2 aromatic rings. The molecule has 1 unspecified atom stereocenters. The van der Waals surface area contributed by atoms with Gasteiger partial charge in [0.2, 0.25) is 0 Å². The van der Waals surface area contributed by atoms with Crippen molar-refractivity contribution < 1.29 is 17.9 Å². The van der Waals surface area contributed by atoms with E-state index in [9.17, 15) is 13.2 Å². The third-order valence-corrected chi connectivity index (χ3v) is 4.31. The van der Waals surface area contributed by atoms with Crippen molar-refractivity contribution in [2.24, 2.45) is 5.92 Å². The molecule has 3 rings (SSSR count). The minimum Gasteiger partial charge on any atom is -0.384 e. The van der Waals surface area contributed by atoms with E-state index in [2.05, 4.69) is 9.88 Å². The molecule has 0 spiro atoms. The Hall–Kier alpha value is -1.82. The number of anilines is 1. The number of hydrogen-bond donors (Lipinski definition) is 0. The molecule has 0 bridgehead atoms. The lowest BCUT2D eigenvalue weighted by atomic mass is 9.97. The monoisotopic (exact) mass is 324 g/mol. The summed E-state index contributed by atoms with van der Waals surface area (Å²) in [5.41, 5.74) is 0.668. The Morgan fingerprint density at radius 3 is 2.87 bits per heavy atom. The van der Waals surface area contributed by atoms with Crippen LogP contribution in [-0.2, 0) is 10.9 Å². The predicted molar refractivity (Wildman–Crippen MR) is 83.6 cm³/mol. The molecule has 0 amide bonds. The molecule has 6 heteroatoms. The highest BCUT2D eigenvalue weighted by molar-refractivity contribution is 5.92. The number of pyridine rings is 1. The average Bonchev–Trinajstić information content (AvgIpc) is 2.53. The average molecular weight is 324 g/mol. The summed E-state index contributed by atoms with van der Waals surface area (Å²) in [7, 11) is 1.69. The molecule has 1 aliphatic rings. The summed E-state index contributed by atoms with van der Waals surface area (Å²) < 4.78 is 43.8. The van der Waals surface area contributed by atoms with Crippen LogP contribution in [0.2, 0.25) is 0 Å². The minimum absolute atomic E-state index is 0.381. The molecule has 1 aromatic carbocycles. The van der Waals surface area contributed by atoms with Gasteiger partial charge in [-0.2, -0.15) is 13.2 Å². The van der Waals surface area contributed by atoms with E-state index in [0.717, 1.165) is 49.1 Å². The Kier molecular flexibility index (Phi) is 4.43. The Balaban J connectivity index is 1.95. The van der Waals surface area contributed by atoms with Gasteiger partial charge in [-0.25, -0.2) is 0 Å². The van der Waals surface area contributed by atoms with Crippen LogP contribution in [0.5, 0.6) is 0 Å². The van der Waals surface area contributed by atoms with E-state index in [1.807, 2.05) is 6.07 Å². The number of ether oxygens (including phenoxy) is 1. The van der Waals surface area contributed by atoms with Crippen molar-refractivity contribution in [3.63, 3.8) is 0 Å². The quantitative estimate of drug-likeness (QED) is 0.849. The van der Waals surface area contributed by atoms with E-state index >= 15 is 0 Å². The van der Waals surface area contributed by atoms with Gasteiger partial charge in [0.1, 0.15) is 0 Å². The number of hydrogen-bond acceptors (Lipinski definition) is 3. The molecule has 1 aliphatic heterocycles. The lowest BCUT2D eigenvalue weighted by molar-refractivity contribution is -0.137. The molecule has 2 heterocycles. The fraction of sp³-hybridized carbons (Fsp3) is 0.471. The van der Waals surface area contributed by atoms with E-state index in [4.69, 9.17) is 4.74 Å². The van der Waals surface area contributed by atoms with Crippen LogP contribution in [0.1, 0.15) is 18.4 Å². The molecule has 1 fully saturated rings. The molecule has 3 nitrogen and oxygen atoms in total. The number of piperidine rings is 1. The Labute approximate surface area is 133 Å². The first kappa shape index (κ1) is 16.1. The van der Waals surface area contributed by atoms with Crippen molar-refractivity contribution in [2.75, 3.05) is 31.7 Å². The molecule has 0 radical (unpaired) electrons. The summed E-state index contributed by atoms with van der Waals surface area (Å²) in [6, 6.07) is 5.66. The molecule has 1 atom stereocenters. The van der Waals surface area contributed by atoms with Gasteiger partial charge in [0, 0.05) is 37.5 Å². The standard InChI is InChI=1S/C17H19F3N2O/c1-23-11-12-3-2-8-22(10-12)16-6-7-21-15-9-13(17(18,19)20)4-5-14(15)16/h4-7,9,12H,2-3,8,10-11H2,1H3. The van der Waals surface area contributed by atoms with E-state index in [1.54, 1.807) is 13.3 Å². The molecule has 23 heavy (non-hydrogen) atoms. The van der Waals surface area contributed by atoms with E-state index in [1.165, 1.54) is 6.07 Å². The third kappa shape index (κ3) is 3.42. The molecule has 1 aromatic heterocycles. The summed E-state index contributed by atoms with van der Waals surface area (Å²) in [4.78, 5) is 6.34. The zero-order chi connectivity index (χ0) is 16.4. The van der Waals surface area contributed by atoms with E-state index in [-0.39, 0.29) is 0 Å². The van der Waals surface area contributed by atoms with Crippen molar-refractivity contribution >= 4 is 16.6 Å². The number of benzene rings is 1. The van der Waals surface area contributed by atoms with Gasteiger partial charge in [-0.05, 0) is 37.0 Å². The van der Waals surface area contributed by atoms with Gasteiger partial charge in [0.25, 0.3) is 0 Å². The number of aromatic nitrogens is 1. The van der Waals surface area contributed by atoms with Crippen molar-refractivity contribution in [2.45, 2.75) is 19.0 Å². The predicted octanol–water partition coefficient (Wildman–Crippen LogP) is 4.12. The van der Waals surface area contributed by atoms with Crippen LogP contribution >= 0.6 is 0 Å². The normalized spacial score (nSPS) is 19.3. The summed E-state index contributed by atoms with van der Waals surface area (Å²) in [6.45, 7) is 2.46. The van der Waals surface area contributed by atoms with Crippen molar-refractivity contribution in [3.8, 4) is 0 Å². The number of nitrogens with zero attached hydrogens (tertiary/aromatic N) is 2. The van der Waals surface area contributed by atoms with Crippen molar-refractivity contribution in [1.82, 2.24) is 4.98 Å². The molecule has 124 valence electrons. The van der Waals surface area contributed by atoms with Crippen LogP contribution in [0.25, 0.3) is 10.9 Å². The Bertz CT molecular complexity index is 685. The largest absolute Gasteiger partial charge is 0.416 e. The second-order valence-electron chi connectivity index (χ2n) is 5.97. The van der Waals surface area contributed by atoms with Crippen LogP contribution in [0.15, 0.2) is 30.5 Å². The second kappa shape index (κ2) is 6.35. The van der Waals surface area contributed by atoms with Crippen molar-refractivity contribution in [3.05, 3.63) is 36.0 Å². The van der Waals surface area contributed by atoms with Crippen LogP contribution in [0.3, 0.4) is 0 Å². The Morgan fingerprint density at radius 2 is 2.13 bits per heavy atom. The molecule has 0 aliphatic carbocycles. The van der Waals surface area contributed by atoms with E-state index < -0.39 is 11.7 Å². The van der Waals surface area contributed by atoms with E-state index in [0.29, 0.717) is 18.0 Å². The fourth-order valence-corrected chi connectivity index (χ4v) is 3.24. The maximum Gasteiger partial charge on any atom is 0.416 e. The summed E-state index contributed by atoms with van der Waals surface area (Å²) in [5.74, 6) is 0.450. The first-order valence-corrected chi connectivity index (χ1v) is 7.69. The number of methoxy groups -OCH3 is 1. The smallest absolute Gasteiger partial charge is 0.384 e. The lowest BCUT2D eigenvalue weighted by Crippen LogP contribution is -2.37. The highest BCUT2D eigenvalue weighted by Gasteiger charge is 2.31. The summed E-state index contributed by atoms with van der Waals surface area (Å²) >= 11 is 0. The highest BCUT2D eigenvalue weighted by Crippen LogP contribution is 2.34. The fourth-order valence-electron chi connectivity index (χ4n) is 3.24. The SMILES string of the molecule is COCC1CCCN(c2ccnc3cc(C(F)(F)F)ccc23)C1. The number of rotatable bonds is 3. The molecular weight excluding hydrogens is 305 g/mol. The number of alkyl halides is 3. The van der Waals surface area contributed by atoms with Crippen LogP contribution in [-0.4, -0.2) is 31.8 Å². The zero-order valence-electron chi connectivity index (χ0n) is 12.9. The van der Waals surface area contributed by atoms with Gasteiger partial charge in [-0.15, -0.1) is 0 Å². The van der Waals surface area contributed by atoms with Crippen LogP contribution in [0, 0.1) is 5.92 Å². The van der Waals surface area contributed by atoms with Gasteiger partial charge in [-0.1, -0.05) is 6.07 Å². The summed E-state index contributed by atoms with van der Waals surface area (Å²) in [6.07, 6.45) is -0.595. The third-order valence-electron chi connectivity index (χ3n) is 4.31. The topological polar surface area (TPSA) is 25.4 Å². The van der Waals surface area contributed by atoms with Gasteiger partial charge in [0.05, 0.1) is 17.7 Å². The lowest BCUT2D eigenvalue weighted by Gasteiger charge is -2.34.